The van der Waals surface area contributed by atoms with E-state index < -0.39 is 5.97 Å². The summed E-state index contributed by atoms with van der Waals surface area (Å²) in [5.74, 6) is 1.51. The number of ether oxygens (including phenoxy) is 2. The van der Waals surface area contributed by atoms with Gasteiger partial charge in [-0.2, -0.15) is 0 Å². The topological polar surface area (TPSA) is 96.9 Å². The Bertz CT molecular complexity index is 895. The lowest BCUT2D eigenvalue weighted by molar-refractivity contribution is -0.117. The first kappa shape index (κ1) is 22.5. The summed E-state index contributed by atoms with van der Waals surface area (Å²) in [6.07, 6.45) is 0. The molecular formula is C22H29N5O4. The number of esters is 1. The molecule has 166 valence electrons. The molecule has 1 N–H and O–H groups in total. The second-order valence-electron chi connectivity index (χ2n) is 7.15. The van der Waals surface area contributed by atoms with E-state index in [-0.39, 0.29) is 11.6 Å². The number of carbonyl (C=O) groups excluding carboxylic acids is 2. The minimum atomic E-state index is -0.446. The van der Waals surface area contributed by atoms with Crippen LogP contribution in [0.1, 0.15) is 30.2 Å². The van der Waals surface area contributed by atoms with Crippen molar-refractivity contribution in [1.29, 1.82) is 0 Å². The van der Waals surface area contributed by atoms with Gasteiger partial charge in [0, 0.05) is 37.9 Å². The fourth-order valence-corrected chi connectivity index (χ4v) is 3.36. The number of hydrogen-bond acceptors (Lipinski definition) is 8. The van der Waals surface area contributed by atoms with Gasteiger partial charge in [-0.3, -0.25) is 9.69 Å². The van der Waals surface area contributed by atoms with Crippen molar-refractivity contribution in [2.45, 2.75) is 20.8 Å². The minimum Gasteiger partial charge on any atom is -0.494 e. The SMILES string of the molecule is CCOC(=O)c1cc(N2CCN(CC(=O)Nc3ccc(OCC)cc3)CC2)nc(C)n1. The quantitative estimate of drug-likeness (QED) is 0.640. The molecule has 0 aliphatic carbocycles. The molecule has 1 aromatic carbocycles. The molecule has 1 fully saturated rings. The number of amides is 1. The summed E-state index contributed by atoms with van der Waals surface area (Å²) in [7, 11) is 0. The second-order valence-corrected chi connectivity index (χ2v) is 7.15. The van der Waals surface area contributed by atoms with Gasteiger partial charge in [-0.15, -0.1) is 0 Å². The maximum Gasteiger partial charge on any atom is 0.357 e. The van der Waals surface area contributed by atoms with Gasteiger partial charge < -0.3 is 19.7 Å². The number of nitrogens with one attached hydrogen (secondary N) is 1. The molecule has 2 aromatic rings. The van der Waals surface area contributed by atoms with Crippen LogP contribution in [0.5, 0.6) is 5.75 Å². The summed E-state index contributed by atoms with van der Waals surface area (Å²) in [5.41, 5.74) is 1.01. The summed E-state index contributed by atoms with van der Waals surface area (Å²) in [6, 6.07) is 9.01. The number of piperazine rings is 1. The van der Waals surface area contributed by atoms with E-state index in [9.17, 15) is 9.59 Å². The maximum atomic E-state index is 12.4. The number of anilines is 2. The zero-order valence-electron chi connectivity index (χ0n) is 18.3. The molecule has 0 saturated carbocycles. The summed E-state index contributed by atoms with van der Waals surface area (Å²) in [6.45, 7) is 9.52. The van der Waals surface area contributed by atoms with Crippen molar-refractivity contribution in [2.75, 3.05) is 56.2 Å². The highest BCUT2D eigenvalue weighted by Gasteiger charge is 2.22. The Hall–Kier alpha value is -3.20. The number of aryl methyl sites for hydroxylation is 1. The standard InChI is InChI=1S/C22H29N5O4/c1-4-30-18-8-6-17(7-9-18)25-21(28)15-26-10-12-27(13-11-26)20-14-19(22(29)31-5-2)23-16(3)24-20/h6-9,14H,4-5,10-13,15H2,1-3H3,(H,25,28). The lowest BCUT2D eigenvalue weighted by Gasteiger charge is -2.35. The molecule has 3 rings (SSSR count). The first-order valence-corrected chi connectivity index (χ1v) is 10.5. The number of aromatic nitrogens is 2. The summed E-state index contributed by atoms with van der Waals surface area (Å²) < 4.78 is 10.5. The summed E-state index contributed by atoms with van der Waals surface area (Å²) >= 11 is 0. The molecule has 2 heterocycles. The largest absolute Gasteiger partial charge is 0.494 e. The van der Waals surface area contributed by atoms with Gasteiger partial charge in [0.1, 0.15) is 17.4 Å². The first-order valence-electron chi connectivity index (χ1n) is 10.5. The Morgan fingerprint density at radius 1 is 1.03 bits per heavy atom. The molecule has 0 radical (unpaired) electrons. The molecule has 0 unspecified atom stereocenters. The van der Waals surface area contributed by atoms with E-state index in [1.54, 1.807) is 19.9 Å². The van der Waals surface area contributed by atoms with Crippen LogP contribution in [0.3, 0.4) is 0 Å². The third-order valence-electron chi connectivity index (χ3n) is 4.82. The summed E-state index contributed by atoms with van der Waals surface area (Å²) in [4.78, 5) is 37.2. The van der Waals surface area contributed by atoms with Gasteiger partial charge in [0.25, 0.3) is 0 Å². The molecule has 1 aliphatic heterocycles. The third-order valence-corrected chi connectivity index (χ3v) is 4.82. The predicted molar refractivity (Wildman–Crippen MR) is 118 cm³/mol. The average Bonchev–Trinajstić information content (AvgIpc) is 2.75. The maximum absolute atomic E-state index is 12.4. The van der Waals surface area contributed by atoms with Crippen LogP contribution < -0.4 is 15.0 Å². The zero-order chi connectivity index (χ0) is 22.2. The van der Waals surface area contributed by atoms with Crippen LogP contribution in [0.2, 0.25) is 0 Å². The molecule has 31 heavy (non-hydrogen) atoms. The van der Waals surface area contributed by atoms with E-state index in [1.165, 1.54) is 0 Å². The Morgan fingerprint density at radius 2 is 1.74 bits per heavy atom. The molecule has 9 heteroatoms. The van der Waals surface area contributed by atoms with Crippen LogP contribution in [-0.4, -0.2) is 72.7 Å². The molecular weight excluding hydrogens is 398 g/mol. The number of nitrogens with zero attached hydrogens (tertiary/aromatic N) is 4. The van der Waals surface area contributed by atoms with Crippen LogP contribution >= 0.6 is 0 Å². The first-order chi connectivity index (χ1) is 15.0. The molecule has 1 saturated heterocycles. The average molecular weight is 428 g/mol. The molecule has 0 atom stereocenters. The highest BCUT2D eigenvalue weighted by Crippen LogP contribution is 2.17. The van der Waals surface area contributed by atoms with Crippen LogP contribution in [0, 0.1) is 6.92 Å². The van der Waals surface area contributed by atoms with E-state index in [1.807, 2.05) is 31.2 Å². The minimum absolute atomic E-state index is 0.0555. The van der Waals surface area contributed by atoms with Gasteiger partial charge >= 0.3 is 5.97 Å². The van der Waals surface area contributed by atoms with Crippen molar-refractivity contribution in [3.63, 3.8) is 0 Å². The monoisotopic (exact) mass is 427 g/mol. The van der Waals surface area contributed by atoms with E-state index in [4.69, 9.17) is 9.47 Å². The Labute approximate surface area is 182 Å². The molecule has 1 aromatic heterocycles. The van der Waals surface area contributed by atoms with E-state index >= 15 is 0 Å². The van der Waals surface area contributed by atoms with Gasteiger partial charge in [-0.25, -0.2) is 14.8 Å². The smallest absolute Gasteiger partial charge is 0.357 e. The second kappa shape index (κ2) is 10.7. The van der Waals surface area contributed by atoms with Crippen LogP contribution in [0.15, 0.2) is 30.3 Å². The predicted octanol–water partition coefficient (Wildman–Crippen LogP) is 2.12. The normalized spacial score (nSPS) is 14.2. The summed E-state index contributed by atoms with van der Waals surface area (Å²) in [5, 5.41) is 2.92. The number of carbonyl (C=O) groups is 2. The number of hydrogen-bond donors (Lipinski definition) is 1. The fourth-order valence-electron chi connectivity index (χ4n) is 3.36. The van der Waals surface area contributed by atoms with E-state index in [2.05, 4.69) is 25.1 Å². The Morgan fingerprint density at radius 3 is 2.39 bits per heavy atom. The number of rotatable bonds is 8. The van der Waals surface area contributed by atoms with Gasteiger partial charge in [-0.1, -0.05) is 0 Å². The highest BCUT2D eigenvalue weighted by molar-refractivity contribution is 5.92. The van der Waals surface area contributed by atoms with Crippen molar-refractivity contribution in [1.82, 2.24) is 14.9 Å². The zero-order valence-corrected chi connectivity index (χ0v) is 18.3. The van der Waals surface area contributed by atoms with Crippen LogP contribution in [0.25, 0.3) is 0 Å². The van der Waals surface area contributed by atoms with Gasteiger partial charge in [0.2, 0.25) is 5.91 Å². The molecule has 9 nitrogen and oxygen atoms in total. The van der Waals surface area contributed by atoms with Crippen molar-refractivity contribution in [3.8, 4) is 5.75 Å². The Kier molecular flexibility index (Phi) is 7.77. The van der Waals surface area contributed by atoms with E-state index in [0.29, 0.717) is 57.6 Å². The van der Waals surface area contributed by atoms with Crippen LogP contribution in [-0.2, 0) is 9.53 Å². The lowest BCUT2D eigenvalue weighted by atomic mass is 10.2. The van der Waals surface area contributed by atoms with Crippen molar-refractivity contribution in [3.05, 3.63) is 41.9 Å². The number of benzene rings is 1. The molecule has 0 spiro atoms. The molecule has 1 amide bonds. The van der Waals surface area contributed by atoms with Gasteiger partial charge in [0.15, 0.2) is 5.69 Å². The third kappa shape index (κ3) is 6.39. The van der Waals surface area contributed by atoms with E-state index in [0.717, 1.165) is 11.4 Å². The van der Waals surface area contributed by atoms with Gasteiger partial charge in [-0.05, 0) is 45.0 Å². The van der Waals surface area contributed by atoms with Crippen molar-refractivity contribution >= 4 is 23.4 Å². The molecule has 1 aliphatic rings. The van der Waals surface area contributed by atoms with Crippen molar-refractivity contribution < 1.29 is 19.1 Å². The Balaban J connectivity index is 1.51. The van der Waals surface area contributed by atoms with Gasteiger partial charge in [0.05, 0.1) is 19.8 Å². The lowest BCUT2D eigenvalue weighted by Crippen LogP contribution is -2.49. The highest BCUT2D eigenvalue weighted by atomic mass is 16.5. The fraction of sp³-hybridized carbons (Fsp3) is 0.455. The van der Waals surface area contributed by atoms with Crippen molar-refractivity contribution in [2.24, 2.45) is 0 Å². The molecule has 0 bridgehead atoms. The van der Waals surface area contributed by atoms with Crippen LogP contribution in [0.4, 0.5) is 11.5 Å².